The van der Waals surface area contributed by atoms with E-state index in [0.717, 1.165) is 24.4 Å². The standard InChI is InChI=1S/C18H22N4O2/c1-13-4-2-6-16(20-13)21-15-7-10-22(11-8-15)18(24)17(23)14-5-3-9-19-12-14/h2-6,9,12,15,17,23H,7-8,10-11H2,1H3,(H,20,21). The molecule has 6 nitrogen and oxygen atoms in total. The van der Waals surface area contributed by atoms with Crippen LogP contribution in [-0.4, -0.2) is 45.0 Å². The molecule has 1 amide bonds. The lowest BCUT2D eigenvalue weighted by Gasteiger charge is -2.33. The highest BCUT2D eigenvalue weighted by Crippen LogP contribution is 2.20. The minimum absolute atomic E-state index is 0.255. The minimum atomic E-state index is -1.14. The smallest absolute Gasteiger partial charge is 0.256 e. The van der Waals surface area contributed by atoms with Crippen LogP contribution in [0.1, 0.15) is 30.2 Å². The number of piperidine rings is 1. The second-order valence-electron chi connectivity index (χ2n) is 6.10. The molecule has 0 aromatic carbocycles. The number of amides is 1. The van der Waals surface area contributed by atoms with Crippen molar-refractivity contribution in [1.29, 1.82) is 0 Å². The number of aliphatic hydroxyl groups excluding tert-OH is 1. The molecule has 1 aliphatic heterocycles. The summed E-state index contributed by atoms with van der Waals surface area (Å²) >= 11 is 0. The molecule has 1 atom stereocenters. The average molecular weight is 326 g/mol. The van der Waals surface area contributed by atoms with Crippen LogP contribution in [0.4, 0.5) is 5.82 Å². The van der Waals surface area contributed by atoms with Gasteiger partial charge in [0.25, 0.3) is 5.91 Å². The van der Waals surface area contributed by atoms with Crippen LogP contribution in [-0.2, 0) is 4.79 Å². The van der Waals surface area contributed by atoms with Crippen molar-refractivity contribution in [2.75, 3.05) is 18.4 Å². The van der Waals surface area contributed by atoms with Gasteiger partial charge in [0, 0.05) is 42.8 Å². The maximum atomic E-state index is 12.4. The van der Waals surface area contributed by atoms with Gasteiger partial charge >= 0.3 is 0 Å². The molecule has 1 unspecified atom stereocenters. The molecule has 6 heteroatoms. The van der Waals surface area contributed by atoms with E-state index in [1.54, 1.807) is 23.2 Å². The average Bonchev–Trinajstić information content (AvgIpc) is 2.62. The summed E-state index contributed by atoms with van der Waals surface area (Å²) < 4.78 is 0. The first-order chi connectivity index (χ1) is 11.6. The molecule has 2 aromatic heterocycles. The third-order valence-electron chi connectivity index (χ3n) is 4.28. The van der Waals surface area contributed by atoms with E-state index in [2.05, 4.69) is 15.3 Å². The lowest BCUT2D eigenvalue weighted by molar-refractivity contribution is -0.141. The number of hydrogen-bond acceptors (Lipinski definition) is 5. The molecular formula is C18H22N4O2. The Bertz CT molecular complexity index is 684. The van der Waals surface area contributed by atoms with Crippen LogP contribution in [0.15, 0.2) is 42.7 Å². The van der Waals surface area contributed by atoms with E-state index in [4.69, 9.17) is 0 Å². The van der Waals surface area contributed by atoms with Crippen LogP contribution in [0.2, 0.25) is 0 Å². The maximum absolute atomic E-state index is 12.4. The minimum Gasteiger partial charge on any atom is -0.378 e. The number of carbonyl (C=O) groups excluding carboxylic acids is 1. The molecule has 0 aliphatic carbocycles. The highest BCUT2D eigenvalue weighted by molar-refractivity contribution is 5.82. The summed E-state index contributed by atoms with van der Waals surface area (Å²) in [5.41, 5.74) is 1.51. The van der Waals surface area contributed by atoms with Gasteiger partial charge in [0.05, 0.1) is 0 Å². The molecule has 24 heavy (non-hydrogen) atoms. The van der Waals surface area contributed by atoms with Gasteiger partial charge < -0.3 is 15.3 Å². The van der Waals surface area contributed by atoms with Crippen molar-refractivity contribution in [3.8, 4) is 0 Å². The third kappa shape index (κ3) is 3.89. The first-order valence-corrected chi connectivity index (χ1v) is 8.20. The first kappa shape index (κ1) is 16.4. The molecule has 1 fully saturated rings. The number of likely N-dealkylation sites (tertiary alicyclic amines) is 1. The van der Waals surface area contributed by atoms with Crippen LogP contribution in [0.5, 0.6) is 0 Å². The predicted molar refractivity (Wildman–Crippen MR) is 91.4 cm³/mol. The van der Waals surface area contributed by atoms with Gasteiger partial charge in [0.15, 0.2) is 6.10 Å². The Labute approximate surface area is 141 Å². The van der Waals surface area contributed by atoms with E-state index in [-0.39, 0.29) is 5.91 Å². The number of nitrogens with zero attached hydrogens (tertiary/aromatic N) is 3. The van der Waals surface area contributed by atoms with Gasteiger partial charge in [-0.3, -0.25) is 9.78 Å². The van der Waals surface area contributed by atoms with Gasteiger partial charge in [-0.05, 0) is 38.0 Å². The third-order valence-corrected chi connectivity index (χ3v) is 4.28. The number of aliphatic hydroxyl groups is 1. The zero-order chi connectivity index (χ0) is 16.9. The molecule has 126 valence electrons. The normalized spacial score (nSPS) is 16.7. The zero-order valence-corrected chi connectivity index (χ0v) is 13.7. The number of aromatic nitrogens is 2. The van der Waals surface area contributed by atoms with E-state index < -0.39 is 6.10 Å². The molecular weight excluding hydrogens is 304 g/mol. The molecule has 0 bridgehead atoms. The maximum Gasteiger partial charge on any atom is 0.256 e. The number of nitrogens with one attached hydrogen (secondary N) is 1. The van der Waals surface area contributed by atoms with Gasteiger partial charge in [0.2, 0.25) is 0 Å². The van der Waals surface area contributed by atoms with Crippen LogP contribution < -0.4 is 5.32 Å². The molecule has 0 radical (unpaired) electrons. The Hall–Kier alpha value is -2.47. The number of pyridine rings is 2. The lowest BCUT2D eigenvalue weighted by atomic mass is 10.0. The number of aryl methyl sites for hydroxylation is 1. The van der Waals surface area contributed by atoms with Crippen molar-refractivity contribution in [2.24, 2.45) is 0 Å². The lowest BCUT2D eigenvalue weighted by Crippen LogP contribution is -2.44. The molecule has 1 saturated heterocycles. The molecule has 3 rings (SSSR count). The number of rotatable bonds is 4. The van der Waals surface area contributed by atoms with Crippen molar-refractivity contribution in [3.63, 3.8) is 0 Å². The van der Waals surface area contributed by atoms with Crippen molar-refractivity contribution in [3.05, 3.63) is 54.0 Å². The second kappa shape index (κ2) is 7.40. The van der Waals surface area contributed by atoms with Crippen molar-refractivity contribution in [1.82, 2.24) is 14.9 Å². The Kier molecular flexibility index (Phi) is 5.05. The molecule has 3 heterocycles. The Morgan fingerprint density at radius 1 is 1.29 bits per heavy atom. The van der Waals surface area contributed by atoms with Gasteiger partial charge in [-0.2, -0.15) is 0 Å². The molecule has 0 spiro atoms. The fourth-order valence-corrected chi connectivity index (χ4v) is 2.93. The van der Waals surface area contributed by atoms with E-state index in [1.807, 2.05) is 25.1 Å². The summed E-state index contributed by atoms with van der Waals surface area (Å²) in [6, 6.07) is 9.62. The van der Waals surface area contributed by atoms with Crippen molar-refractivity contribution in [2.45, 2.75) is 31.9 Å². The largest absolute Gasteiger partial charge is 0.378 e. The predicted octanol–water partition coefficient (Wildman–Crippen LogP) is 1.92. The highest BCUT2D eigenvalue weighted by Gasteiger charge is 2.28. The summed E-state index contributed by atoms with van der Waals surface area (Å²) in [5, 5.41) is 13.6. The Morgan fingerprint density at radius 3 is 2.75 bits per heavy atom. The molecule has 1 aliphatic rings. The fraction of sp³-hybridized carbons (Fsp3) is 0.389. The molecule has 2 N–H and O–H groups in total. The van der Waals surface area contributed by atoms with Crippen LogP contribution >= 0.6 is 0 Å². The Balaban J connectivity index is 1.54. The SMILES string of the molecule is Cc1cccc(NC2CCN(C(=O)C(O)c3cccnc3)CC2)n1. The second-order valence-corrected chi connectivity index (χ2v) is 6.10. The topological polar surface area (TPSA) is 78.4 Å². The van der Waals surface area contributed by atoms with Crippen LogP contribution in [0, 0.1) is 6.92 Å². The monoisotopic (exact) mass is 326 g/mol. The van der Waals surface area contributed by atoms with E-state index in [0.29, 0.717) is 24.7 Å². The number of carbonyl (C=O) groups is 1. The van der Waals surface area contributed by atoms with E-state index in [9.17, 15) is 9.90 Å². The van der Waals surface area contributed by atoms with Crippen molar-refractivity contribution >= 4 is 11.7 Å². The van der Waals surface area contributed by atoms with Crippen molar-refractivity contribution < 1.29 is 9.90 Å². The highest BCUT2D eigenvalue weighted by atomic mass is 16.3. The number of hydrogen-bond donors (Lipinski definition) is 2. The summed E-state index contributed by atoms with van der Waals surface area (Å²) in [5.74, 6) is 0.616. The quantitative estimate of drug-likeness (QED) is 0.897. The van der Waals surface area contributed by atoms with Crippen LogP contribution in [0.3, 0.4) is 0 Å². The van der Waals surface area contributed by atoms with Gasteiger partial charge in [-0.25, -0.2) is 4.98 Å². The fourth-order valence-electron chi connectivity index (χ4n) is 2.93. The summed E-state index contributed by atoms with van der Waals surface area (Å²) in [4.78, 5) is 22.5. The molecule has 2 aromatic rings. The van der Waals surface area contributed by atoms with Crippen LogP contribution in [0.25, 0.3) is 0 Å². The summed E-state index contributed by atoms with van der Waals surface area (Å²) in [7, 11) is 0. The van der Waals surface area contributed by atoms with Gasteiger partial charge in [-0.15, -0.1) is 0 Å². The number of anilines is 1. The van der Waals surface area contributed by atoms with Gasteiger partial charge in [-0.1, -0.05) is 12.1 Å². The van der Waals surface area contributed by atoms with Gasteiger partial charge in [0.1, 0.15) is 5.82 Å². The first-order valence-electron chi connectivity index (χ1n) is 8.20. The van der Waals surface area contributed by atoms with E-state index >= 15 is 0 Å². The Morgan fingerprint density at radius 2 is 2.08 bits per heavy atom. The zero-order valence-electron chi connectivity index (χ0n) is 13.7. The van der Waals surface area contributed by atoms with E-state index in [1.165, 1.54) is 6.20 Å². The summed E-state index contributed by atoms with van der Waals surface area (Å²) in [6.45, 7) is 3.21. The summed E-state index contributed by atoms with van der Waals surface area (Å²) in [6.07, 6.45) is 3.68. The molecule has 0 saturated carbocycles.